The molecule has 5 aromatic rings. The quantitative estimate of drug-likeness (QED) is 0.188. The molecule has 8 rings (SSSR count). The van der Waals surface area contributed by atoms with Gasteiger partial charge in [-0.2, -0.15) is 13.2 Å². The van der Waals surface area contributed by atoms with E-state index in [4.69, 9.17) is 9.47 Å². The van der Waals surface area contributed by atoms with E-state index in [-0.39, 0.29) is 85.5 Å². The zero-order valence-electron chi connectivity index (χ0n) is 32.3. The van der Waals surface area contributed by atoms with Crippen LogP contribution in [-0.2, 0) is 40.2 Å². The Morgan fingerprint density at radius 3 is 2.44 bits per heavy atom. The van der Waals surface area contributed by atoms with Crippen LogP contribution in [0.2, 0.25) is 0 Å². The number of benzene rings is 3. The summed E-state index contributed by atoms with van der Waals surface area (Å²) >= 11 is 0. The lowest BCUT2D eigenvalue weighted by molar-refractivity contribution is -0.139. The minimum atomic E-state index is -4.68. The first-order chi connectivity index (χ1) is 28.6. The van der Waals surface area contributed by atoms with Crippen molar-refractivity contribution in [2.45, 2.75) is 63.7 Å². The van der Waals surface area contributed by atoms with Gasteiger partial charge in [0.15, 0.2) is 0 Å². The highest BCUT2D eigenvalue weighted by molar-refractivity contribution is 5.99. The van der Waals surface area contributed by atoms with Crippen LogP contribution >= 0.6 is 0 Å². The number of alkyl halides is 3. The number of hydrogen-bond donors (Lipinski definition) is 1. The van der Waals surface area contributed by atoms with Gasteiger partial charge in [-0.05, 0) is 54.0 Å². The molecule has 5 heterocycles. The molecule has 0 saturated carbocycles. The molecule has 2 fully saturated rings. The smallest absolute Gasteiger partial charge is 0.416 e. The number of carbonyl (C=O) groups is 3. The molecular formula is C44H44F3N7O5. The molecule has 1 N–H and O–H groups in total. The number of hydrogen-bond acceptors (Lipinski definition) is 8. The summed E-state index contributed by atoms with van der Waals surface area (Å²) < 4.78 is 56.5. The number of halogens is 3. The number of pyridine rings is 1. The second-order valence-electron chi connectivity index (χ2n) is 15.4. The molecular weight excluding hydrogens is 764 g/mol. The zero-order chi connectivity index (χ0) is 40.9. The summed E-state index contributed by atoms with van der Waals surface area (Å²) in [6.45, 7) is 1.80. The normalized spacial score (nSPS) is 20.9. The van der Waals surface area contributed by atoms with Crippen LogP contribution in [-0.4, -0.2) is 85.9 Å². The third-order valence-electron chi connectivity index (χ3n) is 11.3. The summed E-state index contributed by atoms with van der Waals surface area (Å²) in [5.41, 5.74) is 2.16. The Balaban J connectivity index is 1.05. The number of aromatic nitrogens is 4. The summed E-state index contributed by atoms with van der Waals surface area (Å²) in [7, 11) is 0. The van der Waals surface area contributed by atoms with Crippen LogP contribution in [0.15, 0.2) is 103 Å². The van der Waals surface area contributed by atoms with Crippen molar-refractivity contribution in [2.24, 2.45) is 11.8 Å². The molecule has 59 heavy (non-hydrogen) atoms. The fraction of sp³-hybridized carbons (Fsp3) is 0.364. The van der Waals surface area contributed by atoms with E-state index < -0.39 is 29.8 Å². The number of rotatable bonds is 9. The van der Waals surface area contributed by atoms with E-state index in [9.17, 15) is 27.6 Å². The van der Waals surface area contributed by atoms with Gasteiger partial charge in [0.2, 0.25) is 17.7 Å². The molecule has 0 radical (unpaired) electrons. The van der Waals surface area contributed by atoms with E-state index in [1.54, 1.807) is 34.0 Å². The first kappa shape index (κ1) is 39.7. The monoisotopic (exact) mass is 807 g/mol. The van der Waals surface area contributed by atoms with Crippen LogP contribution in [0.1, 0.15) is 58.4 Å². The molecule has 2 saturated heterocycles. The summed E-state index contributed by atoms with van der Waals surface area (Å²) in [5, 5.41) is 11.5. The van der Waals surface area contributed by atoms with Gasteiger partial charge in [-0.25, -0.2) is 9.67 Å². The van der Waals surface area contributed by atoms with E-state index in [1.807, 2.05) is 60.7 Å². The molecule has 4 atom stereocenters. The number of ether oxygens (including phenoxy) is 2. The lowest BCUT2D eigenvalue weighted by Crippen LogP contribution is -2.52. The average Bonchev–Trinajstić information content (AvgIpc) is 3.89. The third kappa shape index (κ3) is 9.62. The second kappa shape index (κ2) is 17.4. The zero-order valence-corrected chi connectivity index (χ0v) is 32.3. The van der Waals surface area contributed by atoms with Crippen molar-refractivity contribution in [3.05, 3.63) is 131 Å². The maximum Gasteiger partial charge on any atom is 0.416 e. The predicted octanol–water partition coefficient (Wildman–Crippen LogP) is 6.16. The molecule has 0 aliphatic carbocycles. The first-order valence-electron chi connectivity index (χ1n) is 19.8. The highest BCUT2D eigenvalue weighted by Crippen LogP contribution is 2.36. The fourth-order valence-corrected chi connectivity index (χ4v) is 8.21. The average molecular weight is 808 g/mol. The van der Waals surface area contributed by atoms with Crippen molar-refractivity contribution in [3.63, 3.8) is 0 Å². The van der Waals surface area contributed by atoms with Crippen molar-refractivity contribution in [2.75, 3.05) is 26.2 Å². The van der Waals surface area contributed by atoms with Crippen LogP contribution in [0.4, 0.5) is 13.2 Å². The topological polar surface area (TPSA) is 132 Å². The van der Waals surface area contributed by atoms with Gasteiger partial charge in [-0.3, -0.25) is 14.4 Å². The van der Waals surface area contributed by atoms with Gasteiger partial charge < -0.3 is 24.6 Å². The van der Waals surface area contributed by atoms with Gasteiger partial charge in [-0.1, -0.05) is 78.0 Å². The summed E-state index contributed by atoms with van der Waals surface area (Å²) in [6.07, 6.45) is -2.08. The van der Waals surface area contributed by atoms with Crippen molar-refractivity contribution < 1.29 is 37.0 Å². The Kier molecular flexibility index (Phi) is 11.7. The molecule has 3 aromatic carbocycles. The molecule has 306 valence electrons. The molecule has 3 amide bonds. The first-order valence-corrected chi connectivity index (χ1v) is 19.8. The van der Waals surface area contributed by atoms with Crippen LogP contribution < -0.4 is 10.1 Å². The lowest BCUT2D eigenvalue weighted by atomic mass is 9.80. The molecule has 15 heteroatoms. The van der Waals surface area contributed by atoms with Crippen molar-refractivity contribution >= 4 is 17.7 Å². The van der Waals surface area contributed by atoms with Gasteiger partial charge in [0.25, 0.3) is 5.91 Å². The Labute approximate surface area is 339 Å². The van der Waals surface area contributed by atoms with Crippen molar-refractivity contribution in [1.29, 1.82) is 0 Å². The van der Waals surface area contributed by atoms with Crippen LogP contribution in [0.25, 0.3) is 11.3 Å². The number of nitrogens with one attached hydrogen (secondary N) is 1. The minimum absolute atomic E-state index is 0.0102. The van der Waals surface area contributed by atoms with Crippen molar-refractivity contribution in [1.82, 2.24) is 35.1 Å². The molecule has 6 bridgehead atoms. The maximum atomic E-state index is 14.6. The molecule has 3 aliphatic heterocycles. The van der Waals surface area contributed by atoms with Crippen molar-refractivity contribution in [3.8, 4) is 17.1 Å². The standard InChI is InChI=1S/C44H44F3N7O5/c45-44(46,47)35-20-38-32-12-7-13-33(18-32)42(56)54-27-37(59-28-36-26-53(51-50-36)24-30-10-5-2-6-11-30)22-39(54)43(57)52-16-14-31(34(25-52)15-17-58-41(21-35)49-38)19-40(55)48-23-29-8-3-1-4-9-29/h1-13,18,20-21,26,31,34,37,39H,14-17,19,22-25,27-28H2,(H,48,55)/t31-,34-,37+,39-/m0/s1. The molecule has 0 unspecified atom stereocenters. The van der Waals surface area contributed by atoms with Crippen LogP contribution in [0.5, 0.6) is 5.88 Å². The van der Waals surface area contributed by atoms with Gasteiger partial charge >= 0.3 is 6.18 Å². The number of piperidine rings is 1. The van der Waals surface area contributed by atoms with Gasteiger partial charge in [0, 0.05) is 56.2 Å². The number of nitrogens with zero attached hydrogens (tertiary/aromatic N) is 6. The van der Waals surface area contributed by atoms with Gasteiger partial charge in [0.1, 0.15) is 11.7 Å². The highest BCUT2D eigenvalue weighted by Gasteiger charge is 2.44. The number of amides is 3. The van der Waals surface area contributed by atoms with E-state index in [0.717, 1.165) is 23.3 Å². The largest absolute Gasteiger partial charge is 0.478 e. The second-order valence-corrected chi connectivity index (χ2v) is 15.4. The predicted molar refractivity (Wildman–Crippen MR) is 209 cm³/mol. The maximum absolute atomic E-state index is 14.6. The lowest BCUT2D eigenvalue weighted by Gasteiger charge is -2.40. The Hall–Kier alpha value is -6.09. The van der Waals surface area contributed by atoms with E-state index in [2.05, 4.69) is 20.6 Å². The van der Waals surface area contributed by atoms with Crippen LogP contribution in [0.3, 0.4) is 0 Å². The molecule has 12 nitrogen and oxygen atoms in total. The van der Waals surface area contributed by atoms with E-state index in [0.29, 0.717) is 38.2 Å². The van der Waals surface area contributed by atoms with E-state index in [1.165, 1.54) is 11.0 Å². The van der Waals surface area contributed by atoms with E-state index >= 15 is 0 Å². The SMILES string of the molecule is O=C(C[C@@H]1CCN2C[C@@H]1CCOc1cc(C(F)(F)F)cc(n1)-c1cccc(c1)C(=O)N1C[C@H](OCc3cn(Cc4ccccc4)nn3)C[C@H]1C2=O)NCc1ccccc1. The Morgan fingerprint density at radius 1 is 0.898 bits per heavy atom. The summed E-state index contributed by atoms with van der Waals surface area (Å²) in [4.78, 5) is 49.9. The molecule has 2 aromatic heterocycles. The van der Waals surface area contributed by atoms with Gasteiger partial charge in [0.05, 0.1) is 43.3 Å². The minimum Gasteiger partial charge on any atom is -0.478 e. The Morgan fingerprint density at radius 2 is 1.66 bits per heavy atom. The third-order valence-corrected chi connectivity index (χ3v) is 11.3. The summed E-state index contributed by atoms with van der Waals surface area (Å²) in [5.74, 6) is -1.38. The fourth-order valence-electron chi connectivity index (χ4n) is 8.21. The van der Waals surface area contributed by atoms with Crippen LogP contribution in [0, 0.1) is 11.8 Å². The molecule has 3 aliphatic rings. The number of carbonyl (C=O) groups excluding carboxylic acids is 3. The Bertz CT molecular complexity index is 2270. The van der Waals surface area contributed by atoms with Gasteiger partial charge in [-0.15, -0.1) is 5.10 Å². The number of fused-ring (bicyclic) bond motifs is 8. The summed E-state index contributed by atoms with van der Waals surface area (Å²) in [6, 6.07) is 26.6. The molecule has 0 spiro atoms. The highest BCUT2D eigenvalue weighted by atomic mass is 19.4.